The Morgan fingerprint density at radius 1 is 0.667 bits per heavy atom. The van der Waals surface area contributed by atoms with Crippen LogP contribution < -0.4 is 20.9 Å². The fourth-order valence-electron chi connectivity index (χ4n) is 2.78. The van der Waals surface area contributed by atoms with Crippen LogP contribution in [0, 0.1) is 0 Å². The molecular weight excluding hydrogens is 220 g/mol. The van der Waals surface area contributed by atoms with Crippen LogP contribution in [0.3, 0.4) is 0 Å². The van der Waals surface area contributed by atoms with Crippen LogP contribution in [-0.2, 0) is 4.79 Å². The summed E-state index contributed by atoms with van der Waals surface area (Å²) in [5, 5.41) is 4.37. The standard InChI is InChI=1S/C17H10O/c18-16-10-12-6-1-3-7-13(12)15-9-11-5-2-4-8-14(11)17(15)16/h1-10H. The highest BCUT2D eigenvalue weighted by molar-refractivity contribution is 6.44. The van der Waals surface area contributed by atoms with E-state index >= 15 is 0 Å². The van der Waals surface area contributed by atoms with Gasteiger partial charge in [0.25, 0.3) is 0 Å². The third-order valence-corrected chi connectivity index (χ3v) is 3.58. The molecule has 2 aliphatic carbocycles. The maximum Gasteiger partial charge on any atom is 0.187 e. The molecule has 4 rings (SSSR count). The third kappa shape index (κ3) is 1.13. The van der Waals surface area contributed by atoms with Crippen molar-refractivity contribution in [3.8, 4) is 0 Å². The van der Waals surface area contributed by atoms with E-state index in [2.05, 4.69) is 18.2 Å². The van der Waals surface area contributed by atoms with Gasteiger partial charge in [-0.25, -0.2) is 0 Å². The fourth-order valence-corrected chi connectivity index (χ4v) is 2.78. The summed E-state index contributed by atoms with van der Waals surface area (Å²) in [5.41, 5.74) is 1.92. The minimum absolute atomic E-state index is 0.116. The fraction of sp³-hybridized carbons (Fsp3) is 0. The molecule has 2 aromatic carbocycles. The van der Waals surface area contributed by atoms with Gasteiger partial charge in [0.15, 0.2) is 5.78 Å². The Balaban J connectivity index is 2.33. The van der Waals surface area contributed by atoms with Gasteiger partial charge in [-0.1, -0.05) is 48.5 Å². The molecule has 0 bridgehead atoms. The van der Waals surface area contributed by atoms with Gasteiger partial charge in [0, 0.05) is 5.57 Å². The molecule has 0 saturated heterocycles. The van der Waals surface area contributed by atoms with E-state index in [9.17, 15) is 4.79 Å². The normalized spacial score (nSPS) is 15.4. The van der Waals surface area contributed by atoms with Gasteiger partial charge in [0.1, 0.15) is 0 Å². The number of Topliss-reactive ketones (excluding diaryl/α,β-unsaturated/α-hetero) is 1. The van der Waals surface area contributed by atoms with E-state index in [0.717, 1.165) is 32.0 Å². The molecule has 0 aromatic heterocycles. The van der Waals surface area contributed by atoms with Crippen molar-refractivity contribution in [1.29, 1.82) is 0 Å². The second-order valence-corrected chi connectivity index (χ2v) is 4.62. The lowest BCUT2D eigenvalue weighted by Gasteiger charge is -2.07. The lowest BCUT2D eigenvalue weighted by molar-refractivity contribution is -0.108. The Morgan fingerprint density at radius 3 is 2.06 bits per heavy atom. The van der Waals surface area contributed by atoms with Crippen molar-refractivity contribution in [3.63, 3.8) is 0 Å². The van der Waals surface area contributed by atoms with E-state index in [4.69, 9.17) is 0 Å². The van der Waals surface area contributed by atoms with Crippen molar-refractivity contribution >= 4 is 29.1 Å². The van der Waals surface area contributed by atoms with Crippen molar-refractivity contribution in [2.24, 2.45) is 0 Å². The van der Waals surface area contributed by atoms with Gasteiger partial charge in [-0.15, -0.1) is 0 Å². The molecule has 0 aliphatic heterocycles. The number of carbonyl (C=O) groups is 1. The molecule has 0 atom stereocenters. The zero-order valence-electron chi connectivity index (χ0n) is 9.68. The Morgan fingerprint density at radius 2 is 1.28 bits per heavy atom. The highest BCUT2D eigenvalue weighted by Gasteiger charge is 2.20. The highest BCUT2D eigenvalue weighted by atomic mass is 16.1. The Bertz CT molecular complexity index is 930. The van der Waals surface area contributed by atoms with Crippen LogP contribution in [0.25, 0.3) is 23.3 Å². The van der Waals surface area contributed by atoms with Gasteiger partial charge in [0.2, 0.25) is 0 Å². The van der Waals surface area contributed by atoms with Gasteiger partial charge >= 0.3 is 0 Å². The van der Waals surface area contributed by atoms with Gasteiger partial charge in [-0.05, 0) is 38.6 Å². The summed E-state index contributed by atoms with van der Waals surface area (Å²) in [6.45, 7) is 0. The number of rotatable bonds is 0. The minimum atomic E-state index is 0.116. The van der Waals surface area contributed by atoms with Crippen LogP contribution in [-0.4, -0.2) is 5.78 Å². The van der Waals surface area contributed by atoms with E-state index in [1.807, 2.05) is 36.4 Å². The average molecular weight is 230 g/mol. The number of hydrogen-bond acceptors (Lipinski definition) is 1. The topological polar surface area (TPSA) is 17.1 Å². The van der Waals surface area contributed by atoms with E-state index in [-0.39, 0.29) is 5.78 Å². The first-order chi connectivity index (χ1) is 8.84. The first-order valence-electron chi connectivity index (χ1n) is 6.01. The smallest absolute Gasteiger partial charge is 0.187 e. The summed E-state index contributed by atoms with van der Waals surface area (Å²) in [4.78, 5) is 12.3. The van der Waals surface area contributed by atoms with Crippen LogP contribution in [0.15, 0.2) is 48.5 Å². The van der Waals surface area contributed by atoms with Crippen LogP contribution in [0.5, 0.6) is 0 Å². The molecule has 2 aromatic rings. The highest BCUT2D eigenvalue weighted by Crippen LogP contribution is 2.17. The predicted molar refractivity (Wildman–Crippen MR) is 72.1 cm³/mol. The average Bonchev–Trinajstić information content (AvgIpc) is 2.79. The molecule has 0 amide bonds. The molecule has 0 unspecified atom stereocenters. The molecule has 0 N–H and O–H groups in total. The van der Waals surface area contributed by atoms with Crippen LogP contribution in [0.1, 0.15) is 0 Å². The van der Waals surface area contributed by atoms with Crippen molar-refractivity contribution in [1.82, 2.24) is 0 Å². The van der Waals surface area contributed by atoms with Crippen LogP contribution >= 0.6 is 0 Å². The minimum Gasteiger partial charge on any atom is -0.289 e. The molecule has 84 valence electrons. The number of ketones is 1. The van der Waals surface area contributed by atoms with Gasteiger partial charge in [0.05, 0.1) is 0 Å². The Kier molecular flexibility index (Phi) is 1.76. The third-order valence-electron chi connectivity index (χ3n) is 3.58. The number of benzene rings is 2. The van der Waals surface area contributed by atoms with E-state index < -0.39 is 0 Å². The molecule has 2 aliphatic rings. The lowest BCUT2D eigenvalue weighted by atomic mass is 9.95. The lowest BCUT2D eigenvalue weighted by Crippen LogP contribution is -2.33. The molecule has 0 fully saturated rings. The summed E-state index contributed by atoms with van der Waals surface area (Å²) < 4.78 is 0. The maximum atomic E-state index is 12.3. The monoisotopic (exact) mass is 230 g/mol. The molecule has 18 heavy (non-hydrogen) atoms. The molecular formula is C17H10O. The predicted octanol–water partition coefficient (Wildman–Crippen LogP) is -0.155. The molecule has 0 radical (unpaired) electrons. The summed E-state index contributed by atoms with van der Waals surface area (Å²) in [7, 11) is 0. The van der Waals surface area contributed by atoms with Crippen molar-refractivity contribution in [2.45, 2.75) is 0 Å². The van der Waals surface area contributed by atoms with Crippen LogP contribution in [0.4, 0.5) is 0 Å². The number of hydrogen-bond donors (Lipinski definition) is 0. The Labute approximate surface area is 104 Å². The summed E-state index contributed by atoms with van der Waals surface area (Å²) in [6, 6.07) is 16.1. The van der Waals surface area contributed by atoms with Crippen molar-refractivity contribution in [2.75, 3.05) is 0 Å². The van der Waals surface area contributed by atoms with Gasteiger partial charge in [-0.2, -0.15) is 0 Å². The largest absolute Gasteiger partial charge is 0.289 e. The summed E-state index contributed by atoms with van der Waals surface area (Å²) in [5.74, 6) is 0.116. The maximum absolute atomic E-state index is 12.3. The summed E-state index contributed by atoms with van der Waals surface area (Å²) >= 11 is 0. The second kappa shape index (κ2) is 3.30. The van der Waals surface area contributed by atoms with Gasteiger partial charge in [-0.3, -0.25) is 4.79 Å². The molecule has 1 nitrogen and oxygen atoms in total. The zero-order valence-corrected chi connectivity index (χ0v) is 9.68. The second-order valence-electron chi connectivity index (χ2n) is 4.62. The number of carbonyl (C=O) groups excluding carboxylic acids is 1. The summed E-state index contributed by atoms with van der Waals surface area (Å²) in [6.07, 6.45) is 3.86. The van der Waals surface area contributed by atoms with Crippen LogP contribution in [0.2, 0.25) is 0 Å². The van der Waals surface area contributed by atoms with Gasteiger partial charge < -0.3 is 0 Å². The molecule has 0 spiro atoms. The Hall–Kier alpha value is -2.41. The number of fused-ring (bicyclic) bond motifs is 3. The zero-order chi connectivity index (χ0) is 12.1. The van der Waals surface area contributed by atoms with E-state index in [1.54, 1.807) is 6.08 Å². The quantitative estimate of drug-likeness (QED) is 0.615. The first-order valence-corrected chi connectivity index (χ1v) is 6.01. The SMILES string of the molecule is O=C1C=c2ccccc2=C2C=c3ccccc3=C12. The van der Waals surface area contributed by atoms with E-state index in [1.165, 1.54) is 0 Å². The van der Waals surface area contributed by atoms with E-state index in [0.29, 0.717) is 0 Å². The van der Waals surface area contributed by atoms with Crippen molar-refractivity contribution in [3.05, 3.63) is 69.4 Å². The first kappa shape index (κ1) is 9.60. The molecule has 1 heteroatoms. The molecule has 0 heterocycles. The molecule has 0 saturated carbocycles. The van der Waals surface area contributed by atoms with Crippen molar-refractivity contribution < 1.29 is 4.79 Å².